The van der Waals surface area contributed by atoms with Gasteiger partial charge in [0.05, 0.1) is 83.8 Å². The molecular formula is C95H59N7. The van der Waals surface area contributed by atoms with Crippen LogP contribution in [0.1, 0.15) is 5.56 Å². The Hall–Kier alpha value is -13.9. The van der Waals surface area contributed by atoms with Gasteiger partial charge in [0.15, 0.2) is 5.82 Å². The number of nitriles is 1. The van der Waals surface area contributed by atoms with Crippen LogP contribution in [0.2, 0.25) is 0 Å². The van der Waals surface area contributed by atoms with Crippen LogP contribution in [0.3, 0.4) is 0 Å². The number of hydrogen-bond acceptors (Lipinski definition) is 3. The number of benzene rings is 15. The lowest BCUT2D eigenvalue weighted by atomic mass is 9.96. The molecule has 0 unspecified atom stereocenters. The number of para-hydroxylation sites is 4. The molecule has 0 atom stereocenters. The summed E-state index contributed by atoms with van der Waals surface area (Å²) < 4.78 is 9.72. The molecule has 474 valence electrons. The second-order valence-electron chi connectivity index (χ2n) is 26.3. The fourth-order valence-electron chi connectivity index (χ4n) is 16.1. The smallest absolute Gasteiger partial charge is 0.164 e. The van der Waals surface area contributed by atoms with Gasteiger partial charge in [0, 0.05) is 54.2 Å². The molecular weight excluding hydrogens is 1240 g/mol. The minimum atomic E-state index is 0.419. The fraction of sp³-hybridized carbons (Fsp3) is 0. The highest BCUT2D eigenvalue weighted by Gasteiger charge is 2.37. The number of hydrogen-bond donors (Lipinski definition) is 0. The average molecular weight is 1300 g/mol. The van der Waals surface area contributed by atoms with Crippen LogP contribution in [0.15, 0.2) is 358 Å². The molecule has 0 N–H and O–H groups in total. The lowest BCUT2D eigenvalue weighted by Crippen LogP contribution is -2.17. The van der Waals surface area contributed by atoms with Gasteiger partial charge in [-0.1, -0.05) is 279 Å². The van der Waals surface area contributed by atoms with Crippen LogP contribution in [-0.2, 0) is 0 Å². The van der Waals surface area contributed by atoms with Crippen LogP contribution in [0.25, 0.3) is 188 Å². The Morgan fingerprint density at radius 1 is 0.206 bits per heavy atom. The van der Waals surface area contributed by atoms with Gasteiger partial charge in [0.1, 0.15) is 11.6 Å². The summed E-state index contributed by atoms with van der Waals surface area (Å²) in [6, 6.07) is 131. The second kappa shape index (κ2) is 23.7. The van der Waals surface area contributed by atoms with Crippen molar-refractivity contribution >= 4 is 87.2 Å². The maximum Gasteiger partial charge on any atom is 0.164 e. The monoisotopic (exact) mass is 1300 g/mol. The number of aromatic nitrogens is 6. The Kier molecular flexibility index (Phi) is 13.5. The van der Waals surface area contributed by atoms with Crippen LogP contribution in [0.5, 0.6) is 0 Å². The normalized spacial score (nSPS) is 11.7. The zero-order chi connectivity index (χ0) is 67.4. The second-order valence-corrected chi connectivity index (χ2v) is 26.3. The van der Waals surface area contributed by atoms with Crippen molar-refractivity contribution in [3.63, 3.8) is 0 Å². The van der Waals surface area contributed by atoms with Gasteiger partial charge in [-0.05, 0) is 123 Å². The van der Waals surface area contributed by atoms with Crippen LogP contribution < -0.4 is 0 Å². The molecule has 0 fully saturated rings. The summed E-state index contributed by atoms with van der Waals surface area (Å²) in [6.07, 6.45) is 0. The first-order valence-corrected chi connectivity index (χ1v) is 34.6. The summed E-state index contributed by atoms with van der Waals surface area (Å²) >= 11 is 0. The molecule has 7 heteroatoms. The first-order chi connectivity index (χ1) is 50.6. The van der Waals surface area contributed by atoms with E-state index in [1.54, 1.807) is 0 Å². The SMILES string of the molecule is N#Cc1c(-n2c3ccccc3c3cc(-c4ccccc4)ccc32)c(-c2nc(-c3ccccc3)cc(-c3ccccc3)n2)c(-n2c3ccccc3c3cc(-c4ccccc4)ccc32)c(-n2c3ccccc3c3cc(-c4ccccc4)ccc32)c1-n1c2ccccc2c2cc(-c3ccccc3)ccc21. The van der Waals surface area contributed by atoms with Gasteiger partial charge in [0.2, 0.25) is 0 Å². The number of nitrogens with zero attached hydrogens (tertiary/aromatic N) is 7. The first kappa shape index (κ1) is 58.2. The highest BCUT2D eigenvalue weighted by atomic mass is 15.1. The van der Waals surface area contributed by atoms with E-state index in [0.717, 1.165) is 166 Å². The lowest BCUT2D eigenvalue weighted by Gasteiger charge is -2.29. The Morgan fingerprint density at radius 3 is 0.775 bits per heavy atom. The zero-order valence-corrected chi connectivity index (χ0v) is 55.2. The summed E-state index contributed by atoms with van der Waals surface area (Å²) in [4.78, 5) is 12.0. The molecule has 0 saturated heterocycles. The van der Waals surface area contributed by atoms with Crippen molar-refractivity contribution in [1.29, 1.82) is 5.26 Å². The molecule has 0 aliphatic rings. The average Bonchev–Trinajstić information content (AvgIpc) is 1.45. The van der Waals surface area contributed by atoms with Crippen molar-refractivity contribution in [2.45, 2.75) is 0 Å². The van der Waals surface area contributed by atoms with E-state index in [4.69, 9.17) is 9.97 Å². The van der Waals surface area contributed by atoms with Gasteiger partial charge in [-0.3, -0.25) is 0 Å². The van der Waals surface area contributed by atoms with Gasteiger partial charge in [-0.2, -0.15) is 5.26 Å². The van der Waals surface area contributed by atoms with E-state index in [1.165, 1.54) is 0 Å². The molecule has 102 heavy (non-hydrogen) atoms. The molecule has 5 heterocycles. The molecule has 5 aromatic heterocycles. The maximum atomic E-state index is 13.6. The molecule has 0 aliphatic carbocycles. The quantitative estimate of drug-likeness (QED) is 0.130. The summed E-state index contributed by atoms with van der Waals surface area (Å²) in [7, 11) is 0. The highest BCUT2D eigenvalue weighted by molar-refractivity contribution is 6.18. The topological polar surface area (TPSA) is 69.3 Å². The van der Waals surface area contributed by atoms with Crippen molar-refractivity contribution in [2.24, 2.45) is 0 Å². The summed E-state index contributed by atoms with van der Waals surface area (Å²) in [5.41, 5.74) is 23.5. The Balaban J connectivity index is 1.08. The molecule has 20 rings (SSSR count). The van der Waals surface area contributed by atoms with E-state index in [9.17, 15) is 5.26 Å². The molecule has 0 radical (unpaired) electrons. The van der Waals surface area contributed by atoms with E-state index >= 15 is 0 Å². The van der Waals surface area contributed by atoms with Gasteiger partial charge in [-0.25, -0.2) is 9.97 Å². The van der Waals surface area contributed by atoms with E-state index in [0.29, 0.717) is 28.3 Å². The van der Waals surface area contributed by atoms with Gasteiger partial charge >= 0.3 is 0 Å². The third-order valence-corrected chi connectivity index (χ3v) is 20.6. The maximum absolute atomic E-state index is 13.6. The number of rotatable bonds is 11. The molecule has 0 bridgehead atoms. The lowest BCUT2D eigenvalue weighted by molar-refractivity contribution is 1.02. The van der Waals surface area contributed by atoms with Crippen molar-refractivity contribution in [2.75, 3.05) is 0 Å². The zero-order valence-electron chi connectivity index (χ0n) is 55.2. The molecule has 0 amide bonds. The largest absolute Gasteiger partial charge is 0.307 e. The van der Waals surface area contributed by atoms with E-state index in [2.05, 4.69) is 370 Å². The Morgan fingerprint density at radius 2 is 0.461 bits per heavy atom. The van der Waals surface area contributed by atoms with Crippen LogP contribution >= 0.6 is 0 Å². The summed E-state index contributed by atoms with van der Waals surface area (Å²) in [5, 5.41) is 22.0. The highest BCUT2D eigenvalue weighted by Crippen LogP contribution is 2.53. The fourth-order valence-corrected chi connectivity index (χ4v) is 16.1. The Bertz CT molecular complexity index is 6720. The van der Waals surface area contributed by atoms with Crippen molar-refractivity contribution in [3.05, 3.63) is 363 Å². The standard InChI is InChI=1S/C95H59N7/c96-60-79-91(99-82-43-23-19-39-71(82)75-55-67(47-51-86(75)99)61-27-7-1-8-28-61)90(95-97-80(65-35-15-5-16-36-65)59-81(98-95)66-37-17-6-18-38-66)93(101-84-45-25-21-41-73(84)77-57-69(49-53-88(77)101)63-31-11-3-12-32-63)94(102-85-46-26-22-42-74(85)78-58-70(50-54-89(78)102)64-33-13-4-14-34-64)92(79)100-83-44-24-20-40-72(83)76-56-68(48-52-87(76)100)62-29-9-2-10-30-62/h1-59H. The van der Waals surface area contributed by atoms with E-state index < -0.39 is 0 Å². The van der Waals surface area contributed by atoms with Crippen LogP contribution in [0, 0.1) is 11.3 Å². The predicted octanol–water partition coefficient (Wildman–Crippen LogP) is 24.4. The van der Waals surface area contributed by atoms with Gasteiger partial charge in [0.25, 0.3) is 0 Å². The minimum Gasteiger partial charge on any atom is -0.307 e. The van der Waals surface area contributed by atoms with E-state index in [-0.39, 0.29) is 0 Å². The van der Waals surface area contributed by atoms with Crippen molar-refractivity contribution < 1.29 is 0 Å². The third kappa shape index (κ3) is 9.21. The Labute approximate surface area is 587 Å². The van der Waals surface area contributed by atoms with Crippen LogP contribution in [0.4, 0.5) is 0 Å². The summed E-state index contributed by atoms with van der Waals surface area (Å²) in [6.45, 7) is 0. The molecule has 20 aromatic rings. The molecule has 0 spiro atoms. The van der Waals surface area contributed by atoms with E-state index in [1.807, 2.05) is 12.1 Å². The summed E-state index contributed by atoms with van der Waals surface area (Å²) in [5.74, 6) is 0.435. The van der Waals surface area contributed by atoms with Gasteiger partial charge in [-0.15, -0.1) is 0 Å². The van der Waals surface area contributed by atoms with Crippen molar-refractivity contribution in [3.8, 4) is 107 Å². The third-order valence-electron chi connectivity index (χ3n) is 20.6. The molecule has 0 aliphatic heterocycles. The van der Waals surface area contributed by atoms with Gasteiger partial charge < -0.3 is 18.3 Å². The van der Waals surface area contributed by atoms with Crippen molar-refractivity contribution in [1.82, 2.24) is 28.2 Å². The number of fused-ring (bicyclic) bond motifs is 12. The molecule has 7 nitrogen and oxygen atoms in total. The predicted molar refractivity (Wildman–Crippen MR) is 422 cm³/mol. The first-order valence-electron chi connectivity index (χ1n) is 34.6. The minimum absolute atomic E-state index is 0.419. The van der Waals surface area contributed by atoms with Crippen LogP contribution in [-0.4, -0.2) is 28.2 Å². The molecule has 15 aromatic carbocycles. The molecule has 0 saturated carbocycles.